The fourth-order valence-corrected chi connectivity index (χ4v) is 2.28. The Morgan fingerprint density at radius 2 is 2.33 bits per heavy atom. The van der Waals surface area contributed by atoms with Gasteiger partial charge in [-0.25, -0.2) is 0 Å². The lowest BCUT2D eigenvalue weighted by atomic mass is 9.77. The minimum absolute atomic E-state index is 0.0882. The van der Waals surface area contributed by atoms with Crippen LogP contribution >= 0.6 is 0 Å². The van der Waals surface area contributed by atoms with Gasteiger partial charge in [0.1, 0.15) is 5.78 Å². The molecule has 0 spiro atoms. The number of Topliss-reactive ketones (excluding diaryl/α,β-unsaturated/α-hetero) is 1. The lowest BCUT2D eigenvalue weighted by molar-refractivity contribution is -0.132. The van der Waals surface area contributed by atoms with E-state index in [1.807, 2.05) is 6.92 Å². The van der Waals surface area contributed by atoms with E-state index in [1.54, 1.807) is 6.07 Å². The van der Waals surface area contributed by atoms with Crippen molar-refractivity contribution in [3.05, 3.63) is 24.2 Å². The zero-order valence-corrected chi connectivity index (χ0v) is 8.85. The molecule has 2 rings (SSSR count). The molecule has 0 bridgehead atoms. The van der Waals surface area contributed by atoms with Gasteiger partial charge in [-0.1, -0.05) is 13.3 Å². The molecule has 3 heteroatoms. The molecule has 0 amide bonds. The first kappa shape index (κ1) is 10.4. The van der Waals surface area contributed by atoms with Crippen LogP contribution in [0.15, 0.2) is 23.0 Å². The Morgan fingerprint density at radius 3 is 3.00 bits per heavy atom. The van der Waals surface area contributed by atoms with Crippen LogP contribution in [-0.4, -0.2) is 10.9 Å². The highest BCUT2D eigenvalue weighted by Gasteiger charge is 2.34. The van der Waals surface area contributed by atoms with Crippen molar-refractivity contribution in [1.29, 1.82) is 0 Å². The predicted molar refractivity (Wildman–Crippen MR) is 55.2 cm³/mol. The van der Waals surface area contributed by atoms with Gasteiger partial charge in [0, 0.05) is 17.4 Å². The van der Waals surface area contributed by atoms with Crippen LogP contribution in [0.1, 0.15) is 37.9 Å². The molecule has 1 aliphatic carbocycles. The average molecular weight is 208 g/mol. The molecule has 1 aromatic heterocycles. The smallest absolute Gasteiger partial charge is 0.141 e. The van der Waals surface area contributed by atoms with Crippen LogP contribution in [0.5, 0.6) is 0 Å². The van der Waals surface area contributed by atoms with E-state index >= 15 is 0 Å². The van der Waals surface area contributed by atoms with Crippen molar-refractivity contribution in [2.24, 2.45) is 11.8 Å². The third kappa shape index (κ3) is 1.97. The predicted octanol–water partition coefficient (Wildman–Crippen LogP) is 2.32. The van der Waals surface area contributed by atoms with Gasteiger partial charge in [-0.2, -0.15) is 0 Å². The monoisotopic (exact) mass is 208 g/mol. The van der Waals surface area contributed by atoms with Crippen molar-refractivity contribution in [3.63, 3.8) is 0 Å². The van der Waals surface area contributed by atoms with Crippen LogP contribution in [0.3, 0.4) is 0 Å². The average Bonchev–Trinajstić information content (AvgIpc) is 2.74. The van der Waals surface area contributed by atoms with Gasteiger partial charge in [-0.05, 0) is 18.9 Å². The first-order chi connectivity index (χ1) is 7.20. The SMILES string of the molecule is C[C@H]1CCC[C@@H]([C@H](O)c2ccoc2)C1=O. The van der Waals surface area contributed by atoms with E-state index in [-0.39, 0.29) is 17.6 Å². The van der Waals surface area contributed by atoms with Gasteiger partial charge in [-0.15, -0.1) is 0 Å². The summed E-state index contributed by atoms with van der Waals surface area (Å²) in [6.07, 6.45) is 5.10. The summed E-state index contributed by atoms with van der Waals surface area (Å²) in [5, 5.41) is 10.0. The van der Waals surface area contributed by atoms with E-state index < -0.39 is 6.10 Å². The Bertz CT molecular complexity index is 329. The second-order valence-corrected chi connectivity index (χ2v) is 4.34. The normalized spacial score (nSPS) is 29.1. The molecule has 3 nitrogen and oxygen atoms in total. The summed E-state index contributed by atoms with van der Waals surface area (Å²) in [6, 6.07) is 1.72. The van der Waals surface area contributed by atoms with Crippen LogP contribution in [-0.2, 0) is 4.79 Å². The van der Waals surface area contributed by atoms with E-state index in [4.69, 9.17) is 4.42 Å². The molecular weight excluding hydrogens is 192 g/mol. The number of aliphatic hydroxyl groups is 1. The molecule has 15 heavy (non-hydrogen) atoms. The molecule has 1 fully saturated rings. The summed E-state index contributed by atoms with van der Waals surface area (Å²) in [5.41, 5.74) is 0.711. The van der Waals surface area contributed by atoms with Crippen molar-refractivity contribution in [2.75, 3.05) is 0 Å². The Labute approximate surface area is 89.1 Å². The third-order valence-corrected chi connectivity index (χ3v) is 3.27. The summed E-state index contributed by atoms with van der Waals surface area (Å²) in [6.45, 7) is 1.94. The molecule has 82 valence electrons. The largest absolute Gasteiger partial charge is 0.472 e. The molecular formula is C12H16O3. The highest BCUT2D eigenvalue weighted by Crippen LogP contribution is 2.34. The molecule has 0 aliphatic heterocycles. The molecule has 1 saturated carbocycles. The highest BCUT2D eigenvalue weighted by atomic mass is 16.3. The number of rotatable bonds is 2. The van der Waals surface area contributed by atoms with Crippen molar-refractivity contribution in [1.82, 2.24) is 0 Å². The van der Waals surface area contributed by atoms with Crippen LogP contribution in [0.25, 0.3) is 0 Å². The minimum atomic E-state index is -0.695. The molecule has 1 aliphatic rings. The quantitative estimate of drug-likeness (QED) is 0.811. The second kappa shape index (κ2) is 4.19. The van der Waals surface area contributed by atoms with Crippen LogP contribution in [0.4, 0.5) is 0 Å². The highest BCUT2D eigenvalue weighted by molar-refractivity contribution is 5.84. The summed E-state index contributed by atoms with van der Waals surface area (Å²) >= 11 is 0. The Hall–Kier alpha value is -1.09. The van der Waals surface area contributed by atoms with Gasteiger partial charge in [0.15, 0.2) is 0 Å². The van der Waals surface area contributed by atoms with Crippen molar-refractivity contribution in [3.8, 4) is 0 Å². The number of aliphatic hydroxyl groups excluding tert-OH is 1. The van der Waals surface area contributed by atoms with Gasteiger partial charge in [0.2, 0.25) is 0 Å². The summed E-state index contributed by atoms with van der Waals surface area (Å²) in [5.74, 6) is 0.0339. The molecule has 0 unspecified atom stereocenters. The zero-order chi connectivity index (χ0) is 10.8. The standard InChI is InChI=1S/C12H16O3/c1-8-3-2-4-10(11(8)13)12(14)9-5-6-15-7-9/h5-8,10,12,14H,2-4H2,1H3/t8-,10+,12+/m0/s1. The fourth-order valence-electron chi connectivity index (χ4n) is 2.28. The molecule has 0 radical (unpaired) electrons. The van der Waals surface area contributed by atoms with Gasteiger partial charge < -0.3 is 9.52 Å². The molecule has 1 N–H and O–H groups in total. The maximum absolute atomic E-state index is 11.9. The van der Waals surface area contributed by atoms with E-state index in [9.17, 15) is 9.90 Å². The number of hydrogen-bond donors (Lipinski definition) is 1. The van der Waals surface area contributed by atoms with Crippen molar-refractivity contribution < 1.29 is 14.3 Å². The zero-order valence-electron chi connectivity index (χ0n) is 8.85. The molecule has 1 heterocycles. The first-order valence-corrected chi connectivity index (χ1v) is 5.44. The molecule has 1 aromatic rings. The minimum Gasteiger partial charge on any atom is -0.472 e. The topological polar surface area (TPSA) is 50.4 Å². The van der Waals surface area contributed by atoms with E-state index in [0.29, 0.717) is 5.56 Å². The maximum Gasteiger partial charge on any atom is 0.141 e. The second-order valence-electron chi connectivity index (χ2n) is 4.34. The van der Waals surface area contributed by atoms with Crippen molar-refractivity contribution in [2.45, 2.75) is 32.3 Å². The lowest BCUT2D eigenvalue weighted by Gasteiger charge is -2.28. The first-order valence-electron chi connectivity index (χ1n) is 5.44. The number of furan rings is 1. The fraction of sp³-hybridized carbons (Fsp3) is 0.583. The van der Waals surface area contributed by atoms with Gasteiger partial charge in [-0.3, -0.25) is 4.79 Å². The Balaban J connectivity index is 2.13. The lowest BCUT2D eigenvalue weighted by Crippen LogP contribution is -2.31. The van der Waals surface area contributed by atoms with E-state index in [1.165, 1.54) is 12.5 Å². The van der Waals surface area contributed by atoms with Crippen molar-refractivity contribution >= 4 is 5.78 Å². The van der Waals surface area contributed by atoms with E-state index in [2.05, 4.69) is 0 Å². The Kier molecular flexibility index (Phi) is 2.91. The van der Waals surface area contributed by atoms with Gasteiger partial charge in [0.05, 0.1) is 18.6 Å². The third-order valence-electron chi connectivity index (χ3n) is 3.27. The van der Waals surface area contributed by atoms with Crippen LogP contribution < -0.4 is 0 Å². The summed E-state index contributed by atoms with van der Waals surface area (Å²) < 4.78 is 4.92. The molecule has 0 aromatic carbocycles. The maximum atomic E-state index is 11.9. The van der Waals surface area contributed by atoms with Crippen LogP contribution in [0, 0.1) is 11.8 Å². The van der Waals surface area contributed by atoms with Gasteiger partial charge >= 0.3 is 0 Å². The number of carbonyl (C=O) groups excluding carboxylic acids is 1. The van der Waals surface area contributed by atoms with Gasteiger partial charge in [0.25, 0.3) is 0 Å². The van der Waals surface area contributed by atoms with Crippen LogP contribution in [0.2, 0.25) is 0 Å². The Morgan fingerprint density at radius 1 is 1.53 bits per heavy atom. The summed E-state index contributed by atoms with van der Waals surface area (Å²) in [7, 11) is 0. The number of ketones is 1. The van der Waals surface area contributed by atoms with E-state index in [0.717, 1.165) is 19.3 Å². The number of carbonyl (C=O) groups is 1. The number of hydrogen-bond acceptors (Lipinski definition) is 3. The molecule has 3 atom stereocenters. The molecule has 0 saturated heterocycles. The summed E-state index contributed by atoms with van der Waals surface area (Å²) in [4.78, 5) is 11.9.